The van der Waals surface area contributed by atoms with Crippen molar-refractivity contribution in [1.82, 2.24) is 20.6 Å². The van der Waals surface area contributed by atoms with Gasteiger partial charge in [-0.25, -0.2) is 4.68 Å². The van der Waals surface area contributed by atoms with Gasteiger partial charge in [-0.1, -0.05) is 35.9 Å². The normalized spacial score (nSPS) is 10.5. The first-order valence-electron chi connectivity index (χ1n) is 7.87. The van der Waals surface area contributed by atoms with Gasteiger partial charge in [0.1, 0.15) is 0 Å². The molecule has 0 saturated carbocycles. The quantitative estimate of drug-likeness (QED) is 0.691. The maximum Gasteiger partial charge on any atom is 0.290 e. The highest BCUT2D eigenvalue weighted by Crippen LogP contribution is 2.13. The van der Waals surface area contributed by atoms with Gasteiger partial charge in [0.15, 0.2) is 5.69 Å². The third-order valence-corrected chi connectivity index (χ3v) is 3.99. The van der Waals surface area contributed by atoms with E-state index in [4.69, 9.17) is 11.6 Å². The minimum atomic E-state index is -0.626. The minimum Gasteiger partial charge on any atom is -0.267 e. The molecule has 7 nitrogen and oxygen atoms in total. The fourth-order valence-electron chi connectivity index (χ4n) is 2.49. The van der Waals surface area contributed by atoms with Gasteiger partial charge in [0.25, 0.3) is 17.4 Å². The van der Waals surface area contributed by atoms with Gasteiger partial charge in [-0.2, -0.15) is 5.10 Å². The smallest absolute Gasteiger partial charge is 0.267 e. The van der Waals surface area contributed by atoms with E-state index in [1.165, 1.54) is 10.7 Å². The number of nitrogens with one attached hydrogen (secondary N) is 2. The monoisotopic (exact) mass is 370 g/mol. The molecular weight excluding hydrogens is 356 g/mol. The number of hydrogen-bond donors (Lipinski definition) is 2. The predicted molar refractivity (Wildman–Crippen MR) is 98.1 cm³/mol. The van der Waals surface area contributed by atoms with E-state index in [0.717, 1.165) is 0 Å². The summed E-state index contributed by atoms with van der Waals surface area (Å²) in [4.78, 5) is 36.9. The third-order valence-electron chi connectivity index (χ3n) is 3.76. The first-order valence-corrected chi connectivity index (χ1v) is 8.25. The van der Waals surface area contributed by atoms with Gasteiger partial charge in [0.2, 0.25) is 0 Å². The average molecular weight is 371 g/mol. The summed E-state index contributed by atoms with van der Waals surface area (Å²) in [6.45, 7) is 2.07. The molecule has 0 spiro atoms. The number of hydrazine groups is 1. The summed E-state index contributed by atoms with van der Waals surface area (Å²) >= 11 is 5.85. The van der Waals surface area contributed by atoms with Crippen molar-refractivity contribution in [3.8, 4) is 0 Å². The minimum absolute atomic E-state index is 0.0495. The lowest BCUT2D eigenvalue weighted by Gasteiger charge is -2.11. The van der Waals surface area contributed by atoms with Crippen molar-refractivity contribution in [3.63, 3.8) is 0 Å². The van der Waals surface area contributed by atoms with E-state index in [0.29, 0.717) is 27.9 Å². The lowest BCUT2D eigenvalue weighted by Crippen LogP contribution is -2.42. The third kappa shape index (κ3) is 3.43. The van der Waals surface area contributed by atoms with Crippen LogP contribution in [-0.4, -0.2) is 21.6 Å². The van der Waals surface area contributed by atoms with Crippen molar-refractivity contribution in [3.05, 3.63) is 75.2 Å². The number of amides is 2. The van der Waals surface area contributed by atoms with Crippen LogP contribution < -0.4 is 16.4 Å². The van der Waals surface area contributed by atoms with Crippen LogP contribution in [0, 0.1) is 0 Å². The van der Waals surface area contributed by atoms with Gasteiger partial charge >= 0.3 is 0 Å². The Bertz CT molecular complexity index is 1060. The zero-order valence-corrected chi connectivity index (χ0v) is 14.6. The van der Waals surface area contributed by atoms with Crippen LogP contribution >= 0.6 is 11.6 Å². The molecule has 26 heavy (non-hydrogen) atoms. The summed E-state index contributed by atoms with van der Waals surface area (Å²) in [5.74, 6) is -1.15. The maximum absolute atomic E-state index is 12.5. The Morgan fingerprint density at radius 2 is 1.73 bits per heavy atom. The number of carbonyl (C=O) groups excluding carboxylic acids is 2. The van der Waals surface area contributed by atoms with E-state index in [2.05, 4.69) is 16.0 Å². The average Bonchev–Trinajstić information content (AvgIpc) is 2.66. The molecule has 0 unspecified atom stereocenters. The van der Waals surface area contributed by atoms with Crippen LogP contribution in [0.4, 0.5) is 0 Å². The lowest BCUT2D eigenvalue weighted by atomic mass is 10.1. The summed E-state index contributed by atoms with van der Waals surface area (Å²) in [6, 6.07) is 13.0. The van der Waals surface area contributed by atoms with Gasteiger partial charge in [0, 0.05) is 22.5 Å². The van der Waals surface area contributed by atoms with Crippen LogP contribution in [-0.2, 0) is 6.54 Å². The van der Waals surface area contributed by atoms with Crippen molar-refractivity contribution in [2.75, 3.05) is 0 Å². The second-order valence-electron chi connectivity index (χ2n) is 5.43. The fourth-order valence-corrected chi connectivity index (χ4v) is 2.68. The number of nitrogens with zero attached hydrogens (tertiary/aromatic N) is 2. The van der Waals surface area contributed by atoms with Crippen molar-refractivity contribution in [2.24, 2.45) is 0 Å². The maximum atomic E-state index is 12.5. The molecule has 0 aliphatic rings. The standard InChI is InChI=1S/C18H15ClN4O3/c1-2-23-18(26)14-9-4-3-8-13(14)15(22-23)17(25)21-20-16(24)11-6-5-7-12(19)10-11/h3-10H,2H2,1H3,(H,20,24)(H,21,25). The molecule has 0 radical (unpaired) electrons. The zero-order chi connectivity index (χ0) is 18.7. The second kappa shape index (κ2) is 7.37. The van der Waals surface area contributed by atoms with Gasteiger partial charge in [-0.05, 0) is 31.2 Å². The van der Waals surface area contributed by atoms with E-state index in [-0.39, 0.29) is 11.3 Å². The van der Waals surface area contributed by atoms with E-state index in [9.17, 15) is 14.4 Å². The summed E-state index contributed by atoms with van der Waals surface area (Å²) in [5, 5.41) is 5.31. The molecule has 0 bridgehead atoms. The number of aromatic nitrogens is 2. The molecule has 3 aromatic rings. The zero-order valence-electron chi connectivity index (χ0n) is 13.8. The molecule has 2 aromatic carbocycles. The number of halogens is 1. The Labute approximate surface area is 153 Å². The molecule has 3 rings (SSSR count). The molecule has 1 aromatic heterocycles. The first kappa shape index (κ1) is 17.6. The van der Waals surface area contributed by atoms with Gasteiger partial charge in [-0.15, -0.1) is 0 Å². The largest absolute Gasteiger partial charge is 0.290 e. The van der Waals surface area contributed by atoms with Crippen molar-refractivity contribution in [1.29, 1.82) is 0 Å². The van der Waals surface area contributed by atoms with Crippen molar-refractivity contribution in [2.45, 2.75) is 13.5 Å². The van der Waals surface area contributed by atoms with Crippen LogP contribution in [0.3, 0.4) is 0 Å². The van der Waals surface area contributed by atoms with E-state index in [1.54, 1.807) is 49.4 Å². The Morgan fingerprint density at radius 1 is 1.04 bits per heavy atom. The topological polar surface area (TPSA) is 93.1 Å². The molecule has 0 fully saturated rings. The fraction of sp³-hybridized carbons (Fsp3) is 0.111. The molecule has 0 saturated heterocycles. The number of hydrogen-bond acceptors (Lipinski definition) is 4. The molecule has 8 heteroatoms. The van der Waals surface area contributed by atoms with Gasteiger partial charge in [0.05, 0.1) is 5.39 Å². The van der Waals surface area contributed by atoms with Crippen LogP contribution in [0.2, 0.25) is 5.02 Å². The van der Waals surface area contributed by atoms with E-state index < -0.39 is 11.8 Å². The van der Waals surface area contributed by atoms with Crippen LogP contribution in [0.25, 0.3) is 10.8 Å². The summed E-state index contributed by atoms with van der Waals surface area (Å²) in [7, 11) is 0. The molecule has 2 amide bonds. The van der Waals surface area contributed by atoms with E-state index >= 15 is 0 Å². The Kier molecular flexibility index (Phi) is 4.99. The molecular formula is C18H15ClN4O3. The SMILES string of the molecule is CCn1nc(C(=O)NNC(=O)c2cccc(Cl)c2)c2ccccc2c1=O. The molecule has 0 aliphatic heterocycles. The highest BCUT2D eigenvalue weighted by Gasteiger charge is 2.17. The molecule has 1 heterocycles. The number of rotatable bonds is 3. The Hall–Kier alpha value is -3.19. The lowest BCUT2D eigenvalue weighted by molar-refractivity contribution is 0.0843. The summed E-state index contributed by atoms with van der Waals surface area (Å²) in [6.07, 6.45) is 0. The summed E-state index contributed by atoms with van der Waals surface area (Å²) in [5.41, 5.74) is 4.71. The van der Waals surface area contributed by atoms with Gasteiger partial charge < -0.3 is 0 Å². The highest BCUT2D eigenvalue weighted by atomic mass is 35.5. The second-order valence-corrected chi connectivity index (χ2v) is 5.87. The molecule has 132 valence electrons. The Morgan fingerprint density at radius 3 is 2.42 bits per heavy atom. The van der Waals surface area contributed by atoms with Crippen LogP contribution in [0.5, 0.6) is 0 Å². The van der Waals surface area contributed by atoms with Crippen LogP contribution in [0.15, 0.2) is 53.3 Å². The summed E-state index contributed by atoms with van der Waals surface area (Å²) < 4.78 is 1.20. The number of benzene rings is 2. The predicted octanol–water partition coefficient (Wildman–Crippen LogP) is 2.14. The van der Waals surface area contributed by atoms with Crippen LogP contribution in [0.1, 0.15) is 27.8 Å². The first-order chi connectivity index (χ1) is 12.5. The van der Waals surface area contributed by atoms with Crippen molar-refractivity contribution >= 4 is 34.2 Å². The number of fused-ring (bicyclic) bond motifs is 1. The van der Waals surface area contributed by atoms with Gasteiger partial charge in [-0.3, -0.25) is 25.2 Å². The van der Waals surface area contributed by atoms with Crippen molar-refractivity contribution < 1.29 is 9.59 Å². The highest BCUT2D eigenvalue weighted by molar-refractivity contribution is 6.31. The molecule has 2 N–H and O–H groups in total. The number of aryl methyl sites for hydroxylation is 1. The Balaban J connectivity index is 1.87. The van der Waals surface area contributed by atoms with E-state index in [1.807, 2.05) is 0 Å². The molecule has 0 atom stereocenters. The molecule has 0 aliphatic carbocycles. The number of carbonyl (C=O) groups is 2.